The van der Waals surface area contributed by atoms with Gasteiger partial charge in [0.1, 0.15) is 11.9 Å². The van der Waals surface area contributed by atoms with Gasteiger partial charge in [0.15, 0.2) is 0 Å². The molecule has 0 saturated heterocycles. The van der Waals surface area contributed by atoms with Crippen molar-refractivity contribution in [1.82, 2.24) is 0 Å². The molecule has 4 heteroatoms. The monoisotopic (exact) mass is 209 g/mol. The van der Waals surface area contributed by atoms with Crippen molar-refractivity contribution < 1.29 is 14.6 Å². The standard InChI is InChI=1S/C11H12FNO2/c1-7-3-2-4-8(10(7)12)11(15)9(14)5-6-13/h2-4,9,11,14-15H,5H2,1H3. The van der Waals surface area contributed by atoms with Crippen molar-refractivity contribution in [2.75, 3.05) is 0 Å². The minimum atomic E-state index is -1.36. The summed E-state index contributed by atoms with van der Waals surface area (Å²) in [5, 5.41) is 27.3. The third-order valence-corrected chi connectivity index (χ3v) is 2.21. The lowest BCUT2D eigenvalue weighted by molar-refractivity contribution is 0.0194. The maximum atomic E-state index is 13.5. The Kier molecular flexibility index (Phi) is 3.78. The molecule has 0 bridgehead atoms. The molecule has 1 aromatic carbocycles. The molecule has 2 N–H and O–H groups in total. The van der Waals surface area contributed by atoms with Gasteiger partial charge in [0.05, 0.1) is 18.6 Å². The second-order valence-electron chi connectivity index (χ2n) is 3.35. The number of nitrogens with zero attached hydrogens (tertiary/aromatic N) is 1. The fraction of sp³-hybridized carbons (Fsp3) is 0.364. The van der Waals surface area contributed by atoms with Crippen LogP contribution in [-0.4, -0.2) is 16.3 Å². The normalized spacial score (nSPS) is 14.3. The number of nitriles is 1. The van der Waals surface area contributed by atoms with Crippen LogP contribution in [-0.2, 0) is 0 Å². The molecule has 2 atom stereocenters. The van der Waals surface area contributed by atoms with Crippen LogP contribution in [0.3, 0.4) is 0 Å². The molecule has 0 amide bonds. The summed E-state index contributed by atoms with van der Waals surface area (Å²) in [5.41, 5.74) is 0.424. The van der Waals surface area contributed by atoms with E-state index in [1.165, 1.54) is 6.07 Å². The second-order valence-corrected chi connectivity index (χ2v) is 3.35. The van der Waals surface area contributed by atoms with Crippen molar-refractivity contribution in [1.29, 1.82) is 5.26 Å². The molecule has 0 aliphatic carbocycles. The van der Waals surface area contributed by atoms with Crippen molar-refractivity contribution in [2.45, 2.75) is 25.6 Å². The van der Waals surface area contributed by atoms with E-state index >= 15 is 0 Å². The van der Waals surface area contributed by atoms with Crippen LogP contribution in [0.2, 0.25) is 0 Å². The van der Waals surface area contributed by atoms with Crippen molar-refractivity contribution in [2.24, 2.45) is 0 Å². The van der Waals surface area contributed by atoms with E-state index in [1.807, 2.05) is 0 Å². The zero-order valence-corrected chi connectivity index (χ0v) is 8.31. The smallest absolute Gasteiger partial charge is 0.132 e. The van der Waals surface area contributed by atoms with E-state index in [4.69, 9.17) is 5.26 Å². The van der Waals surface area contributed by atoms with Gasteiger partial charge >= 0.3 is 0 Å². The number of hydrogen-bond donors (Lipinski definition) is 2. The molecule has 0 spiro atoms. The van der Waals surface area contributed by atoms with E-state index < -0.39 is 18.0 Å². The predicted octanol–water partition coefficient (Wildman–Crippen LogP) is 1.44. The summed E-state index contributed by atoms with van der Waals surface area (Å²) in [6, 6.07) is 6.28. The zero-order valence-electron chi connectivity index (χ0n) is 8.31. The largest absolute Gasteiger partial charge is 0.389 e. The summed E-state index contributed by atoms with van der Waals surface area (Å²) in [6.07, 6.45) is -2.84. The first-order chi connectivity index (χ1) is 7.07. The Bertz CT molecular complexity index is 387. The van der Waals surface area contributed by atoms with Crippen LogP contribution in [0.15, 0.2) is 18.2 Å². The number of aliphatic hydroxyl groups is 2. The highest BCUT2D eigenvalue weighted by molar-refractivity contribution is 5.27. The Labute approximate surface area is 87.4 Å². The first-order valence-corrected chi connectivity index (χ1v) is 4.56. The third kappa shape index (κ3) is 2.52. The van der Waals surface area contributed by atoms with Crippen molar-refractivity contribution in [3.05, 3.63) is 35.1 Å². The van der Waals surface area contributed by atoms with Crippen LogP contribution in [0.5, 0.6) is 0 Å². The van der Waals surface area contributed by atoms with Gasteiger partial charge in [0.25, 0.3) is 0 Å². The summed E-state index contributed by atoms with van der Waals surface area (Å²) in [6.45, 7) is 1.57. The molecule has 3 nitrogen and oxygen atoms in total. The molecule has 0 aliphatic rings. The van der Waals surface area contributed by atoms with Gasteiger partial charge in [0.2, 0.25) is 0 Å². The fourth-order valence-electron chi connectivity index (χ4n) is 1.31. The molecule has 1 rings (SSSR count). The fourth-order valence-corrected chi connectivity index (χ4v) is 1.31. The third-order valence-electron chi connectivity index (χ3n) is 2.21. The van der Waals surface area contributed by atoms with E-state index in [1.54, 1.807) is 25.1 Å². The van der Waals surface area contributed by atoms with Gasteiger partial charge < -0.3 is 10.2 Å². The highest BCUT2D eigenvalue weighted by Gasteiger charge is 2.21. The lowest BCUT2D eigenvalue weighted by atomic mass is 10.00. The van der Waals surface area contributed by atoms with Gasteiger partial charge in [-0.15, -0.1) is 0 Å². The Balaban J connectivity index is 2.96. The molecule has 1 aromatic rings. The van der Waals surface area contributed by atoms with Crippen molar-refractivity contribution >= 4 is 0 Å². The van der Waals surface area contributed by atoms with Crippen molar-refractivity contribution in [3.8, 4) is 6.07 Å². The molecule has 0 radical (unpaired) electrons. The van der Waals surface area contributed by atoms with Crippen molar-refractivity contribution in [3.63, 3.8) is 0 Å². The number of rotatable bonds is 3. The van der Waals surface area contributed by atoms with Gasteiger partial charge in [-0.3, -0.25) is 0 Å². The van der Waals surface area contributed by atoms with Crippen LogP contribution >= 0.6 is 0 Å². The van der Waals surface area contributed by atoms with E-state index in [9.17, 15) is 14.6 Å². The predicted molar refractivity (Wildman–Crippen MR) is 52.3 cm³/mol. The van der Waals surface area contributed by atoms with Crippen LogP contribution in [0, 0.1) is 24.1 Å². The van der Waals surface area contributed by atoms with Crippen LogP contribution in [0.1, 0.15) is 23.7 Å². The highest BCUT2D eigenvalue weighted by Crippen LogP contribution is 2.23. The molecule has 0 aromatic heterocycles. The SMILES string of the molecule is Cc1cccc(C(O)C(O)CC#N)c1F. The van der Waals surface area contributed by atoms with E-state index in [0.717, 1.165) is 0 Å². The molecular formula is C11H12FNO2. The molecule has 2 unspecified atom stereocenters. The molecule has 0 heterocycles. The van der Waals surface area contributed by atoms with Gasteiger partial charge in [0, 0.05) is 5.56 Å². The minimum Gasteiger partial charge on any atom is -0.389 e. The number of benzene rings is 1. The summed E-state index contributed by atoms with van der Waals surface area (Å²) in [4.78, 5) is 0. The average molecular weight is 209 g/mol. The van der Waals surface area contributed by atoms with Gasteiger partial charge in [-0.1, -0.05) is 18.2 Å². The quantitative estimate of drug-likeness (QED) is 0.791. The molecule has 0 aliphatic heterocycles. The van der Waals surface area contributed by atoms with E-state index in [2.05, 4.69) is 0 Å². The number of halogens is 1. The Hall–Kier alpha value is -1.44. The second kappa shape index (κ2) is 4.87. The van der Waals surface area contributed by atoms with Gasteiger partial charge in [-0.2, -0.15) is 5.26 Å². The summed E-state index contributed by atoms with van der Waals surface area (Å²) < 4.78 is 13.5. The molecule has 15 heavy (non-hydrogen) atoms. The first kappa shape index (κ1) is 11.6. The van der Waals surface area contributed by atoms with Gasteiger partial charge in [-0.25, -0.2) is 4.39 Å². The summed E-state index contributed by atoms with van der Waals surface area (Å²) in [7, 11) is 0. The number of hydrogen-bond acceptors (Lipinski definition) is 3. The maximum Gasteiger partial charge on any atom is 0.132 e. The summed E-state index contributed by atoms with van der Waals surface area (Å²) >= 11 is 0. The lowest BCUT2D eigenvalue weighted by Gasteiger charge is -2.16. The zero-order chi connectivity index (χ0) is 11.4. The summed E-state index contributed by atoms with van der Waals surface area (Å²) in [5.74, 6) is -0.540. The molecule has 0 saturated carbocycles. The number of aryl methyl sites for hydroxylation is 1. The topological polar surface area (TPSA) is 64.2 Å². The Morgan fingerprint density at radius 1 is 1.47 bits per heavy atom. The highest BCUT2D eigenvalue weighted by atomic mass is 19.1. The minimum absolute atomic E-state index is 0.0257. The lowest BCUT2D eigenvalue weighted by Crippen LogP contribution is -2.18. The van der Waals surface area contributed by atoms with Crippen LogP contribution in [0.25, 0.3) is 0 Å². The van der Waals surface area contributed by atoms with Crippen LogP contribution in [0.4, 0.5) is 4.39 Å². The molecule has 0 fully saturated rings. The van der Waals surface area contributed by atoms with Gasteiger partial charge in [-0.05, 0) is 12.5 Å². The van der Waals surface area contributed by atoms with Crippen LogP contribution < -0.4 is 0 Å². The Morgan fingerprint density at radius 3 is 2.73 bits per heavy atom. The maximum absolute atomic E-state index is 13.5. The molecular weight excluding hydrogens is 197 g/mol. The average Bonchev–Trinajstić information content (AvgIpc) is 2.21. The first-order valence-electron chi connectivity index (χ1n) is 4.56. The Morgan fingerprint density at radius 2 is 2.13 bits per heavy atom. The number of aliphatic hydroxyl groups excluding tert-OH is 2. The molecule has 80 valence electrons. The van der Waals surface area contributed by atoms with E-state index in [0.29, 0.717) is 5.56 Å². The van der Waals surface area contributed by atoms with E-state index in [-0.39, 0.29) is 12.0 Å².